The van der Waals surface area contributed by atoms with E-state index in [0.717, 1.165) is 73.1 Å². The maximum atomic E-state index is 12.3. The monoisotopic (exact) mass is 351 g/mol. The van der Waals surface area contributed by atoms with Gasteiger partial charge < -0.3 is 10.3 Å². The molecule has 26 heavy (non-hydrogen) atoms. The number of carbonyl (C=O) groups is 1. The van der Waals surface area contributed by atoms with Crippen molar-refractivity contribution in [2.24, 2.45) is 0 Å². The van der Waals surface area contributed by atoms with Crippen molar-refractivity contribution in [1.82, 2.24) is 25.5 Å². The lowest BCUT2D eigenvalue weighted by atomic mass is 9.96. The quantitative estimate of drug-likeness (QED) is 0.571. The molecule has 0 fully saturated rings. The maximum Gasteiger partial charge on any atom is 0.272 e. The van der Waals surface area contributed by atoms with Crippen LogP contribution in [0.3, 0.4) is 0 Å². The second kappa shape index (κ2) is 7.72. The number of unbranched alkanes of at least 4 members (excludes halogenated alkanes) is 2. The predicted molar refractivity (Wildman–Crippen MR) is 101 cm³/mol. The zero-order valence-corrected chi connectivity index (χ0v) is 15.0. The van der Waals surface area contributed by atoms with Gasteiger partial charge in [-0.05, 0) is 50.7 Å². The van der Waals surface area contributed by atoms with Crippen molar-refractivity contribution in [3.05, 3.63) is 47.0 Å². The zero-order chi connectivity index (χ0) is 17.8. The van der Waals surface area contributed by atoms with Crippen LogP contribution < -0.4 is 5.32 Å². The minimum absolute atomic E-state index is 0.0401. The molecular weight excluding hydrogens is 326 g/mol. The number of fused-ring (bicyclic) bond motifs is 2. The summed E-state index contributed by atoms with van der Waals surface area (Å²) in [5.41, 5.74) is 4.99. The van der Waals surface area contributed by atoms with Gasteiger partial charge in [0, 0.05) is 24.2 Å². The van der Waals surface area contributed by atoms with Crippen molar-refractivity contribution in [2.75, 3.05) is 6.54 Å². The van der Waals surface area contributed by atoms with Gasteiger partial charge in [-0.1, -0.05) is 18.6 Å². The molecule has 0 aliphatic heterocycles. The molecule has 0 saturated heterocycles. The molecule has 4 rings (SSSR count). The molecule has 1 aromatic carbocycles. The number of imidazole rings is 1. The minimum Gasteiger partial charge on any atom is -0.351 e. The summed E-state index contributed by atoms with van der Waals surface area (Å²) in [7, 11) is 0. The lowest BCUT2D eigenvalue weighted by molar-refractivity contribution is 0.0947. The van der Waals surface area contributed by atoms with Crippen molar-refractivity contribution in [3.8, 4) is 0 Å². The first kappa shape index (κ1) is 16.8. The molecule has 3 aromatic rings. The molecule has 0 saturated carbocycles. The zero-order valence-electron chi connectivity index (χ0n) is 15.0. The summed E-state index contributed by atoms with van der Waals surface area (Å²) < 4.78 is 0. The number of nitrogens with one attached hydrogen (secondary N) is 3. The van der Waals surface area contributed by atoms with Crippen LogP contribution in [0.2, 0.25) is 0 Å². The molecular formula is C20H25N5O. The van der Waals surface area contributed by atoms with Gasteiger partial charge in [-0.2, -0.15) is 5.10 Å². The summed E-state index contributed by atoms with van der Waals surface area (Å²) in [6.45, 7) is 0.695. The summed E-state index contributed by atoms with van der Waals surface area (Å²) in [6.07, 6.45) is 8.34. The average molecular weight is 351 g/mol. The smallest absolute Gasteiger partial charge is 0.272 e. The van der Waals surface area contributed by atoms with Crippen LogP contribution in [0.25, 0.3) is 11.0 Å². The van der Waals surface area contributed by atoms with Crippen molar-refractivity contribution in [3.63, 3.8) is 0 Å². The van der Waals surface area contributed by atoms with E-state index in [2.05, 4.69) is 31.5 Å². The Hall–Kier alpha value is -2.63. The Bertz CT molecular complexity index is 862. The molecule has 6 nitrogen and oxygen atoms in total. The van der Waals surface area contributed by atoms with E-state index < -0.39 is 0 Å². The van der Waals surface area contributed by atoms with E-state index in [4.69, 9.17) is 0 Å². The number of benzene rings is 1. The molecule has 0 spiro atoms. The van der Waals surface area contributed by atoms with Crippen molar-refractivity contribution in [2.45, 2.75) is 51.4 Å². The number of carbonyl (C=O) groups excluding carboxylic acids is 1. The Labute approximate surface area is 152 Å². The average Bonchev–Trinajstić information content (AvgIpc) is 3.28. The van der Waals surface area contributed by atoms with Crippen LogP contribution in [0.15, 0.2) is 24.3 Å². The van der Waals surface area contributed by atoms with Gasteiger partial charge in [-0.15, -0.1) is 0 Å². The molecule has 2 heterocycles. The van der Waals surface area contributed by atoms with E-state index in [1.165, 1.54) is 6.42 Å². The van der Waals surface area contributed by atoms with Gasteiger partial charge in [0.25, 0.3) is 5.91 Å². The summed E-state index contributed by atoms with van der Waals surface area (Å²) >= 11 is 0. The first-order valence-corrected chi connectivity index (χ1v) is 9.59. The Morgan fingerprint density at radius 2 is 2.00 bits per heavy atom. The summed E-state index contributed by atoms with van der Waals surface area (Å²) in [4.78, 5) is 20.3. The molecule has 0 radical (unpaired) electrons. The number of hydrogen-bond donors (Lipinski definition) is 3. The molecule has 0 atom stereocenters. The third-order valence-electron chi connectivity index (χ3n) is 5.09. The molecule has 2 aromatic heterocycles. The van der Waals surface area contributed by atoms with Gasteiger partial charge in [0.15, 0.2) is 5.69 Å². The first-order valence-electron chi connectivity index (χ1n) is 9.59. The van der Waals surface area contributed by atoms with E-state index >= 15 is 0 Å². The van der Waals surface area contributed by atoms with Crippen LogP contribution in [-0.2, 0) is 19.3 Å². The number of aromatic amines is 2. The molecule has 1 amide bonds. The number of para-hydroxylation sites is 2. The van der Waals surface area contributed by atoms with Crippen molar-refractivity contribution < 1.29 is 4.79 Å². The Morgan fingerprint density at radius 3 is 2.92 bits per heavy atom. The predicted octanol–water partition coefficient (Wildman–Crippen LogP) is 3.31. The van der Waals surface area contributed by atoms with Crippen LogP contribution in [-0.4, -0.2) is 32.6 Å². The van der Waals surface area contributed by atoms with Gasteiger partial charge in [-0.3, -0.25) is 9.89 Å². The van der Waals surface area contributed by atoms with Crippen molar-refractivity contribution >= 4 is 16.9 Å². The molecule has 1 aliphatic carbocycles. The Kier molecular flexibility index (Phi) is 5.00. The number of aromatic nitrogens is 4. The van der Waals surface area contributed by atoms with E-state index in [-0.39, 0.29) is 5.91 Å². The van der Waals surface area contributed by atoms with Gasteiger partial charge >= 0.3 is 0 Å². The minimum atomic E-state index is -0.0401. The van der Waals surface area contributed by atoms with E-state index in [9.17, 15) is 4.79 Å². The second-order valence-corrected chi connectivity index (χ2v) is 7.00. The fraction of sp³-hybridized carbons (Fsp3) is 0.450. The van der Waals surface area contributed by atoms with Crippen LogP contribution in [0.4, 0.5) is 0 Å². The molecule has 0 bridgehead atoms. The number of hydrogen-bond acceptors (Lipinski definition) is 3. The van der Waals surface area contributed by atoms with Gasteiger partial charge in [0.1, 0.15) is 5.82 Å². The molecule has 6 heteroatoms. The normalized spacial score (nSPS) is 13.7. The number of H-pyrrole nitrogens is 2. The SMILES string of the molecule is O=C(NCCCCCc1nc2ccccc2[nH]1)c1n[nH]c2c1CCCC2. The lowest BCUT2D eigenvalue weighted by Crippen LogP contribution is -2.26. The summed E-state index contributed by atoms with van der Waals surface area (Å²) in [5, 5.41) is 10.3. The van der Waals surface area contributed by atoms with Crippen LogP contribution in [0.1, 0.15) is 59.7 Å². The van der Waals surface area contributed by atoms with Gasteiger partial charge in [0.05, 0.1) is 11.0 Å². The van der Waals surface area contributed by atoms with Crippen LogP contribution >= 0.6 is 0 Å². The Balaban J connectivity index is 1.18. The van der Waals surface area contributed by atoms with E-state index in [1.54, 1.807) is 0 Å². The third-order valence-corrected chi connectivity index (χ3v) is 5.09. The highest BCUT2D eigenvalue weighted by molar-refractivity contribution is 5.94. The highest BCUT2D eigenvalue weighted by atomic mass is 16.1. The van der Waals surface area contributed by atoms with Crippen molar-refractivity contribution in [1.29, 1.82) is 0 Å². The van der Waals surface area contributed by atoms with Gasteiger partial charge in [0.2, 0.25) is 0 Å². The van der Waals surface area contributed by atoms with E-state index in [0.29, 0.717) is 12.2 Å². The van der Waals surface area contributed by atoms with Gasteiger partial charge in [-0.25, -0.2) is 4.98 Å². The number of rotatable bonds is 7. The molecule has 3 N–H and O–H groups in total. The topological polar surface area (TPSA) is 86.5 Å². The summed E-state index contributed by atoms with van der Waals surface area (Å²) in [5.74, 6) is 1.00. The van der Waals surface area contributed by atoms with Crippen LogP contribution in [0, 0.1) is 0 Å². The number of aryl methyl sites for hydroxylation is 2. The number of nitrogens with zero attached hydrogens (tertiary/aromatic N) is 2. The lowest BCUT2D eigenvalue weighted by Gasteiger charge is -2.11. The summed E-state index contributed by atoms with van der Waals surface area (Å²) in [6, 6.07) is 8.10. The Morgan fingerprint density at radius 1 is 1.12 bits per heavy atom. The largest absolute Gasteiger partial charge is 0.351 e. The fourth-order valence-corrected chi connectivity index (χ4v) is 3.67. The standard InChI is InChI=1S/C20H25N5O/c26-20(19-14-8-3-4-9-15(14)24-25-19)21-13-7-1-2-12-18-22-16-10-5-6-11-17(16)23-18/h5-6,10-11H,1-4,7-9,12-13H2,(H,21,26)(H,22,23)(H,24,25). The van der Waals surface area contributed by atoms with E-state index in [1.807, 2.05) is 18.2 Å². The molecule has 136 valence electrons. The highest BCUT2D eigenvalue weighted by Gasteiger charge is 2.21. The molecule has 0 unspecified atom stereocenters. The number of amides is 1. The second-order valence-electron chi connectivity index (χ2n) is 7.00. The first-order chi connectivity index (χ1) is 12.8. The highest BCUT2D eigenvalue weighted by Crippen LogP contribution is 2.22. The maximum absolute atomic E-state index is 12.3. The van der Waals surface area contributed by atoms with Crippen LogP contribution in [0.5, 0.6) is 0 Å². The fourth-order valence-electron chi connectivity index (χ4n) is 3.67. The molecule has 1 aliphatic rings. The third kappa shape index (κ3) is 3.64.